The second-order valence-electron chi connectivity index (χ2n) is 3.55. The SMILES string of the molecule is O=c1c(CBr)nnc2c3ccccc3cnn12. The lowest BCUT2D eigenvalue weighted by atomic mass is 10.2. The Labute approximate surface area is 104 Å². The van der Waals surface area contributed by atoms with Crippen LogP contribution in [-0.4, -0.2) is 19.8 Å². The molecule has 2 aromatic heterocycles. The first-order valence-electron chi connectivity index (χ1n) is 4.99. The molecule has 3 aromatic rings. The van der Waals surface area contributed by atoms with Crippen LogP contribution in [0.15, 0.2) is 35.3 Å². The molecule has 5 nitrogen and oxygen atoms in total. The Morgan fingerprint density at radius 3 is 2.88 bits per heavy atom. The quantitative estimate of drug-likeness (QED) is 0.504. The topological polar surface area (TPSA) is 60.2 Å². The highest BCUT2D eigenvalue weighted by atomic mass is 79.9. The molecule has 0 bridgehead atoms. The van der Waals surface area contributed by atoms with Crippen LogP contribution in [0.3, 0.4) is 0 Å². The van der Waals surface area contributed by atoms with Crippen LogP contribution in [0.25, 0.3) is 16.4 Å². The van der Waals surface area contributed by atoms with E-state index in [0.29, 0.717) is 16.7 Å². The molecule has 0 aliphatic carbocycles. The zero-order valence-corrected chi connectivity index (χ0v) is 10.3. The van der Waals surface area contributed by atoms with E-state index in [2.05, 4.69) is 31.2 Å². The van der Waals surface area contributed by atoms with Crippen molar-refractivity contribution in [1.29, 1.82) is 0 Å². The molecule has 3 rings (SSSR count). The Hall–Kier alpha value is -1.82. The number of alkyl halides is 1. The van der Waals surface area contributed by atoms with Crippen LogP contribution in [0.4, 0.5) is 0 Å². The van der Waals surface area contributed by atoms with Gasteiger partial charge in [-0.25, -0.2) is 0 Å². The van der Waals surface area contributed by atoms with Crippen molar-refractivity contribution in [3.8, 4) is 0 Å². The fourth-order valence-corrected chi connectivity index (χ4v) is 2.06. The average Bonchev–Trinajstić information content (AvgIpc) is 2.39. The van der Waals surface area contributed by atoms with Gasteiger partial charge in [0, 0.05) is 10.8 Å². The summed E-state index contributed by atoms with van der Waals surface area (Å²) in [6.07, 6.45) is 1.66. The first-order valence-corrected chi connectivity index (χ1v) is 6.12. The van der Waals surface area contributed by atoms with E-state index in [0.717, 1.165) is 10.8 Å². The Morgan fingerprint density at radius 2 is 2.06 bits per heavy atom. The molecule has 84 valence electrons. The van der Waals surface area contributed by atoms with Gasteiger partial charge in [-0.15, -0.1) is 10.2 Å². The molecule has 0 aliphatic rings. The Morgan fingerprint density at radius 1 is 1.24 bits per heavy atom. The van der Waals surface area contributed by atoms with Crippen molar-refractivity contribution in [2.45, 2.75) is 5.33 Å². The van der Waals surface area contributed by atoms with E-state index in [1.807, 2.05) is 24.3 Å². The molecular weight excluding hydrogens is 284 g/mol. The number of nitrogens with zero attached hydrogens (tertiary/aromatic N) is 4. The third-order valence-electron chi connectivity index (χ3n) is 2.55. The Balaban J connectivity index is 2.53. The number of fused-ring (bicyclic) bond motifs is 3. The molecule has 1 aromatic carbocycles. The lowest BCUT2D eigenvalue weighted by Crippen LogP contribution is -2.23. The highest BCUT2D eigenvalue weighted by molar-refractivity contribution is 9.08. The number of hydrogen-bond acceptors (Lipinski definition) is 4. The maximum Gasteiger partial charge on any atom is 0.297 e. The van der Waals surface area contributed by atoms with E-state index < -0.39 is 0 Å². The molecule has 0 unspecified atom stereocenters. The van der Waals surface area contributed by atoms with Crippen LogP contribution in [-0.2, 0) is 5.33 Å². The van der Waals surface area contributed by atoms with Gasteiger partial charge < -0.3 is 0 Å². The molecule has 0 spiro atoms. The lowest BCUT2D eigenvalue weighted by molar-refractivity contribution is 0.807. The second-order valence-corrected chi connectivity index (χ2v) is 4.11. The van der Waals surface area contributed by atoms with Gasteiger partial charge in [-0.1, -0.05) is 40.2 Å². The zero-order valence-electron chi connectivity index (χ0n) is 8.67. The van der Waals surface area contributed by atoms with Crippen LogP contribution in [0.1, 0.15) is 5.69 Å². The van der Waals surface area contributed by atoms with Crippen molar-refractivity contribution >= 4 is 32.3 Å². The molecule has 0 amide bonds. The van der Waals surface area contributed by atoms with Crippen LogP contribution >= 0.6 is 15.9 Å². The van der Waals surface area contributed by atoms with Crippen molar-refractivity contribution in [3.05, 3.63) is 46.5 Å². The molecule has 0 saturated carbocycles. The summed E-state index contributed by atoms with van der Waals surface area (Å²) in [5, 5.41) is 14.2. The van der Waals surface area contributed by atoms with Crippen LogP contribution in [0, 0.1) is 0 Å². The van der Waals surface area contributed by atoms with E-state index in [1.165, 1.54) is 4.52 Å². The molecular formula is C11H7BrN4O. The van der Waals surface area contributed by atoms with Gasteiger partial charge in [0.25, 0.3) is 5.56 Å². The largest absolute Gasteiger partial charge is 0.297 e. The smallest absolute Gasteiger partial charge is 0.265 e. The fourth-order valence-electron chi connectivity index (χ4n) is 1.70. The van der Waals surface area contributed by atoms with Crippen molar-refractivity contribution in [2.24, 2.45) is 0 Å². The summed E-state index contributed by atoms with van der Waals surface area (Å²) in [5.41, 5.74) is 0.598. The van der Waals surface area contributed by atoms with Crippen molar-refractivity contribution in [2.75, 3.05) is 0 Å². The van der Waals surface area contributed by atoms with E-state index in [4.69, 9.17) is 0 Å². The first kappa shape index (κ1) is 10.3. The summed E-state index contributed by atoms with van der Waals surface area (Å²) >= 11 is 3.20. The van der Waals surface area contributed by atoms with Crippen molar-refractivity contribution < 1.29 is 0 Å². The summed E-state index contributed by atoms with van der Waals surface area (Å²) < 4.78 is 1.28. The van der Waals surface area contributed by atoms with Crippen LogP contribution in [0.2, 0.25) is 0 Å². The van der Waals surface area contributed by atoms with E-state index in [9.17, 15) is 4.79 Å². The van der Waals surface area contributed by atoms with Gasteiger partial charge in [-0.3, -0.25) is 4.79 Å². The molecule has 17 heavy (non-hydrogen) atoms. The minimum absolute atomic E-state index is 0.238. The van der Waals surface area contributed by atoms with Crippen LogP contribution in [0.5, 0.6) is 0 Å². The number of rotatable bonds is 1. The third kappa shape index (κ3) is 1.52. The average molecular weight is 291 g/mol. The molecule has 0 N–H and O–H groups in total. The van der Waals surface area contributed by atoms with Gasteiger partial charge in [0.2, 0.25) is 0 Å². The minimum atomic E-state index is -0.238. The molecule has 0 radical (unpaired) electrons. The normalized spacial score (nSPS) is 11.1. The summed E-state index contributed by atoms with van der Waals surface area (Å²) in [4.78, 5) is 12.0. The van der Waals surface area contributed by atoms with Gasteiger partial charge in [0.15, 0.2) is 5.65 Å². The van der Waals surface area contributed by atoms with E-state index >= 15 is 0 Å². The molecule has 6 heteroatoms. The van der Waals surface area contributed by atoms with Gasteiger partial charge in [0.05, 0.1) is 11.5 Å². The van der Waals surface area contributed by atoms with Gasteiger partial charge in [-0.2, -0.15) is 9.61 Å². The number of aromatic nitrogens is 4. The van der Waals surface area contributed by atoms with Crippen molar-refractivity contribution in [3.63, 3.8) is 0 Å². The number of hydrogen-bond donors (Lipinski definition) is 0. The Bertz CT molecular complexity index is 768. The minimum Gasteiger partial charge on any atom is -0.265 e. The zero-order chi connectivity index (χ0) is 11.8. The summed E-state index contributed by atoms with van der Waals surface area (Å²) in [5.74, 6) is 0. The molecule has 0 atom stereocenters. The summed E-state index contributed by atoms with van der Waals surface area (Å²) in [7, 11) is 0. The fraction of sp³-hybridized carbons (Fsp3) is 0.0909. The monoisotopic (exact) mass is 290 g/mol. The summed E-state index contributed by atoms with van der Waals surface area (Å²) in [6, 6.07) is 7.63. The maximum absolute atomic E-state index is 12.0. The Kier molecular flexibility index (Phi) is 2.36. The molecule has 0 saturated heterocycles. The van der Waals surface area contributed by atoms with Gasteiger partial charge >= 0.3 is 0 Å². The number of benzene rings is 1. The second kappa shape index (κ2) is 3.89. The van der Waals surface area contributed by atoms with E-state index in [1.54, 1.807) is 6.20 Å². The first-order chi connectivity index (χ1) is 8.31. The third-order valence-corrected chi connectivity index (χ3v) is 3.08. The predicted octanol–water partition coefficient (Wildman–Crippen LogP) is 1.53. The van der Waals surface area contributed by atoms with Crippen LogP contribution < -0.4 is 5.56 Å². The maximum atomic E-state index is 12.0. The van der Waals surface area contributed by atoms with E-state index in [-0.39, 0.29) is 5.56 Å². The van der Waals surface area contributed by atoms with Gasteiger partial charge in [-0.05, 0) is 0 Å². The predicted molar refractivity (Wildman–Crippen MR) is 67.2 cm³/mol. The highest BCUT2D eigenvalue weighted by Gasteiger charge is 2.08. The molecule has 0 aliphatic heterocycles. The lowest BCUT2D eigenvalue weighted by Gasteiger charge is -2.03. The van der Waals surface area contributed by atoms with Gasteiger partial charge in [0.1, 0.15) is 5.69 Å². The summed E-state index contributed by atoms with van der Waals surface area (Å²) in [6.45, 7) is 0. The highest BCUT2D eigenvalue weighted by Crippen LogP contribution is 2.14. The standard InChI is InChI=1S/C11H7BrN4O/c12-5-9-11(17)16-10(15-14-9)8-4-2-1-3-7(8)6-13-16/h1-4,6H,5H2. The molecule has 2 heterocycles. The molecule has 0 fully saturated rings. The number of halogens is 1. The van der Waals surface area contributed by atoms with Crippen molar-refractivity contribution in [1.82, 2.24) is 19.8 Å².